The number of carbonyl (C=O) groups is 1. The zero-order valence-corrected chi connectivity index (χ0v) is 12.6. The Balaban J connectivity index is 1.54. The summed E-state index contributed by atoms with van der Waals surface area (Å²) < 4.78 is 5.82. The van der Waals surface area contributed by atoms with E-state index in [-0.39, 0.29) is 11.8 Å². The maximum Gasteiger partial charge on any atom is 0.223 e. The van der Waals surface area contributed by atoms with E-state index in [1.165, 1.54) is 25.7 Å². The van der Waals surface area contributed by atoms with Crippen LogP contribution in [0.4, 0.5) is 0 Å². The standard InChI is InChI=1S/C16H30N2O2/c17-14-7-9-15(10-8-14)20-12-11-18-16(19)13-5-3-1-2-4-6-13/h13-15H,1-12,17H2,(H,18,19). The molecule has 0 saturated heterocycles. The topological polar surface area (TPSA) is 64.3 Å². The van der Waals surface area contributed by atoms with Gasteiger partial charge in [0.05, 0.1) is 12.7 Å². The third-order valence-corrected chi connectivity index (χ3v) is 4.70. The molecule has 116 valence electrons. The van der Waals surface area contributed by atoms with Crippen LogP contribution in [0.25, 0.3) is 0 Å². The molecule has 3 N–H and O–H groups in total. The van der Waals surface area contributed by atoms with Gasteiger partial charge in [0.15, 0.2) is 0 Å². The number of ether oxygens (including phenoxy) is 1. The van der Waals surface area contributed by atoms with Crippen LogP contribution in [0.1, 0.15) is 64.2 Å². The Morgan fingerprint density at radius 1 is 1.00 bits per heavy atom. The Morgan fingerprint density at radius 2 is 1.65 bits per heavy atom. The zero-order chi connectivity index (χ0) is 14.2. The minimum absolute atomic E-state index is 0.237. The van der Waals surface area contributed by atoms with E-state index >= 15 is 0 Å². The molecule has 0 heterocycles. The summed E-state index contributed by atoms with van der Waals surface area (Å²) in [7, 11) is 0. The Hall–Kier alpha value is -0.610. The number of hydrogen-bond donors (Lipinski definition) is 2. The lowest BCUT2D eigenvalue weighted by molar-refractivity contribution is -0.125. The van der Waals surface area contributed by atoms with E-state index in [0.29, 0.717) is 25.3 Å². The molecular formula is C16H30N2O2. The van der Waals surface area contributed by atoms with Gasteiger partial charge in [0, 0.05) is 18.5 Å². The second kappa shape index (κ2) is 8.63. The molecular weight excluding hydrogens is 252 g/mol. The molecule has 0 unspecified atom stereocenters. The van der Waals surface area contributed by atoms with Crippen molar-refractivity contribution in [1.29, 1.82) is 0 Å². The molecule has 0 aromatic heterocycles. The molecule has 4 nitrogen and oxygen atoms in total. The van der Waals surface area contributed by atoms with E-state index in [4.69, 9.17) is 10.5 Å². The lowest BCUT2D eigenvalue weighted by Gasteiger charge is -2.26. The summed E-state index contributed by atoms with van der Waals surface area (Å²) in [6.45, 7) is 1.29. The third-order valence-electron chi connectivity index (χ3n) is 4.70. The predicted molar refractivity (Wildman–Crippen MR) is 80.4 cm³/mol. The molecule has 0 radical (unpaired) electrons. The second-order valence-corrected chi connectivity index (χ2v) is 6.39. The Kier molecular flexibility index (Phi) is 6.80. The first-order valence-electron chi connectivity index (χ1n) is 8.40. The lowest BCUT2D eigenvalue weighted by atomic mass is 9.94. The Morgan fingerprint density at radius 3 is 2.30 bits per heavy atom. The largest absolute Gasteiger partial charge is 0.376 e. The molecule has 2 aliphatic rings. The summed E-state index contributed by atoms with van der Waals surface area (Å²) in [4.78, 5) is 12.1. The molecule has 0 aromatic rings. The highest BCUT2D eigenvalue weighted by Crippen LogP contribution is 2.23. The third kappa shape index (κ3) is 5.41. The number of amides is 1. The number of nitrogens with one attached hydrogen (secondary N) is 1. The molecule has 4 heteroatoms. The summed E-state index contributed by atoms with van der Waals surface area (Å²) >= 11 is 0. The van der Waals surface area contributed by atoms with Crippen LogP contribution in [-0.2, 0) is 9.53 Å². The fraction of sp³-hybridized carbons (Fsp3) is 0.938. The zero-order valence-electron chi connectivity index (χ0n) is 12.6. The summed E-state index contributed by atoms with van der Waals surface area (Å²) in [6.07, 6.45) is 11.7. The van der Waals surface area contributed by atoms with Gasteiger partial charge < -0.3 is 15.8 Å². The van der Waals surface area contributed by atoms with Gasteiger partial charge in [-0.1, -0.05) is 25.7 Å². The van der Waals surface area contributed by atoms with E-state index in [1.54, 1.807) is 0 Å². The molecule has 1 amide bonds. The van der Waals surface area contributed by atoms with Gasteiger partial charge in [-0.3, -0.25) is 4.79 Å². The van der Waals surface area contributed by atoms with Crippen molar-refractivity contribution < 1.29 is 9.53 Å². The summed E-state index contributed by atoms with van der Waals surface area (Å²) in [5.74, 6) is 0.478. The van der Waals surface area contributed by atoms with Gasteiger partial charge in [-0.2, -0.15) is 0 Å². The molecule has 2 saturated carbocycles. The smallest absolute Gasteiger partial charge is 0.223 e. The molecule has 2 aliphatic carbocycles. The SMILES string of the molecule is NC1CCC(OCCNC(=O)C2CCCCCC2)CC1. The van der Waals surface area contributed by atoms with E-state index < -0.39 is 0 Å². The highest BCUT2D eigenvalue weighted by molar-refractivity contribution is 5.78. The van der Waals surface area contributed by atoms with Crippen LogP contribution in [0.3, 0.4) is 0 Å². The highest BCUT2D eigenvalue weighted by Gasteiger charge is 2.20. The minimum Gasteiger partial charge on any atom is -0.376 e. The van der Waals surface area contributed by atoms with Gasteiger partial charge in [-0.15, -0.1) is 0 Å². The van der Waals surface area contributed by atoms with Gasteiger partial charge in [0.25, 0.3) is 0 Å². The monoisotopic (exact) mass is 282 g/mol. The van der Waals surface area contributed by atoms with Crippen molar-refractivity contribution in [2.75, 3.05) is 13.2 Å². The van der Waals surface area contributed by atoms with Crippen LogP contribution in [-0.4, -0.2) is 31.2 Å². The van der Waals surface area contributed by atoms with Crippen LogP contribution < -0.4 is 11.1 Å². The van der Waals surface area contributed by atoms with Crippen molar-refractivity contribution in [3.05, 3.63) is 0 Å². The predicted octanol–water partition coefficient (Wildman–Crippen LogP) is 2.36. The minimum atomic E-state index is 0.237. The number of hydrogen-bond acceptors (Lipinski definition) is 3. The van der Waals surface area contributed by atoms with Crippen molar-refractivity contribution in [2.24, 2.45) is 11.7 Å². The maximum absolute atomic E-state index is 12.1. The van der Waals surface area contributed by atoms with Crippen LogP contribution in [0.15, 0.2) is 0 Å². The average Bonchev–Trinajstić information content (AvgIpc) is 2.74. The summed E-state index contributed by atoms with van der Waals surface area (Å²) in [6, 6.07) is 0.366. The Bertz CT molecular complexity index is 280. The quantitative estimate of drug-likeness (QED) is 0.601. The number of nitrogens with two attached hydrogens (primary N) is 1. The number of rotatable bonds is 5. The van der Waals surface area contributed by atoms with Crippen molar-refractivity contribution >= 4 is 5.91 Å². The van der Waals surface area contributed by atoms with Gasteiger partial charge in [-0.25, -0.2) is 0 Å². The molecule has 0 spiro atoms. The number of carbonyl (C=O) groups excluding carboxylic acids is 1. The first-order chi connectivity index (χ1) is 9.75. The average molecular weight is 282 g/mol. The van der Waals surface area contributed by atoms with E-state index in [1.807, 2.05) is 0 Å². The van der Waals surface area contributed by atoms with Crippen LogP contribution >= 0.6 is 0 Å². The fourth-order valence-corrected chi connectivity index (χ4v) is 3.34. The van der Waals surface area contributed by atoms with E-state index in [9.17, 15) is 4.79 Å². The van der Waals surface area contributed by atoms with Gasteiger partial charge in [0.2, 0.25) is 5.91 Å². The second-order valence-electron chi connectivity index (χ2n) is 6.39. The summed E-state index contributed by atoms with van der Waals surface area (Å²) in [5.41, 5.74) is 5.87. The van der Waals surface area contributed by atoms with Crippen LogP contribution in [0.2, 0.25) is 0 Å². The highest BCUT2D eigenvalue weighted by atomic mass is 16.5. The van der Waals surface area contributed by atoms with E-state index in [0.717, 1.165) is 38.5 Å². The normalized spacial score (nSPS) is 28.9. The van der Waals surface area contributed by atoms with Gasteiger partial charge >= 0.3 is 0 Å². The first kappa shape index (κ1) is 15.8. The molecule has 0 atom stereocenters. The summed E-state index contributed by atoms with van der Waals surface area (Å²) in [5, 5.41) is 3.04. The van der Waals surface area contributed by atoms with E-state index in [2.05, 4.69) is 5.32 Å². The lowest BCUT2D eigenvalue weighted by Crippen LogP contribution is -2.35. The molecule has 20 heavy (non-hydrogen) atoms. The van der Waals surface area contributed by atoms with Crippen molar-refractivity contribution in [3.8, 4) is 0 Å². The molecule has 2 rings (SSSR count). The molecule has 2 fully saturated rings. The molecule has 0 aliphatic heterocycles. The molecule has 0 bridgehead atoms. The van der Waals surface area contributed by atoms with Crippen LogP contribution in [0, 0.1) is 5.92 Å². The van der Waals surface area contributed by atoms with Crippen molar-refractivity contribution in [2.45, 2.75) is 76.4 Å². The maximum atomic E-state index is 12.1. The van der Waals surface area contributed by atoms with Crippen molar-refractivity contribution in [3.63, 3.8) is 0 Å². The first-order valence-corrected chi connectivity index (χ1v) is 8.40. The van der Waals surface area contributed by atoms with Crippen LogP contribution in [0.5, 0.6) is 0 Å². The van der Waals surface area contributed by atoms with Crippen molar-refractivity contribution in [1.82, 2.24) is 5.32 Å². The molecule has 0 aromatic carbocycles. The van der Waals surface area contributed by atoms with Gasteiger partial charge in [0.1, 0.15) is 0 Å². The Labute approximate surface area is 122 Å². The fourth-order valence-electron chi connectivity index (χ4n) is 3.34. The van der Waals surface area contributed by atoms with Gasteiger partial charge in [-0.05, 0) is 38.5 Å².